The smallest absolute Gasteiger partial charge is 0.329 e. The number of carbonyl (C=O) groups is 1. The van der Waals surface area contributed by atoms with Crippen molar-refractivity contribution in [3.63, 3.8) is 0 Å². The van der Waals surface area contributed by atoms with Crippen LogP contribution < -0.4 is 0 Å². The van der Waals surface area contributed by atoms with Gasteiger partial charge < -0.3 is 25.5 Å². The number of aliphatic hydroxyl groups is 4. The Kier molecular flexibility index (Phi) is 23.5. The van der Waals surface area contributed by atoms with Gasteiger partial charge in [-0.25, -0.2) is 4.79 Å². The van der Waals surface area contributed by atoms with E-state index in [1.54, 1.807) is 4.90 Å². The Labute approximate surface area is 113 Å². The first-order valence-corrected chi connectivity index (χ1v) is 4.49. The molecular weight excluding hydrogens is 297 g/mol. The Bertz CT molecular complexity index is 134. The Morgan fingerprint density at radius 3 is 1.25 bits per heavy atom. The number of nitrogens with zero attached hydrogens (tertiary/aromatic N) is 1. The molecule has 5 N–H and O–H groups in total. The van der Waals surface area contributed by atoms with E-state index in [1.807, 2.05) is 0 Å². The number of aliphatic hydroxyl groups excluding tert-OH is 4. The maximum absolute atomic E-state index is 9.12. The van der Waals surface area contributed by atoms with Crippen molar-refractivity contribution in [3.05, 3.63) is 0 Å². The predicted molar refractivity (Wildman–Crippen MR) is 52.4 cm³/mol. The Morgan fingerprint density at radius 1 is 0.875 bits per heavy atom. The Hall–Kier alpha value is 0.153. The fourth-order valence-electron chi connectivity index (χ4n) is 0.760. The van der Waals surface area contributed by atoms with Crippen LogP contribution in [0.25, 0.3) is 0 Å². The van der Waals surface area contributed by atoms with Gasteiger partial charge in [-0.05, 0) is 0 Å². The monoisotopic (exact) mass is 315 g/mol. The van der Waals surface area contributed by atoms with Gasteiger partial charge in [0, 0.05) is 45.8 Å². The zero-order chi connectivity index (χ0) is 12.1. The molecule has 0 rings (SSSR count). The molecule has 0 aliphatic carbocycles. The van der Waals surface area contributed by atoms with Gasteiger partial charge in [-0.1, -0.05) is 0 Å². The Morgan fingerprint density at radius 2 is 1.12 bits per heavy atom. The van der Waals surface area contributed by atoms with Crippen LogP contribution in [0.2, 0.25) is 0 Å². The fourth-order valence-corrected chi connectivity index (χ4v) is 0.760. The summed E-state index contributed by atoms with van der Waals surface area (Å²) in [5, 5.41) is 40.5. The molecule has 0 heterocycles. The molecule has 0 fully saturated rings. The number of carboxylic acid groups (broad SMARTS) is 1. The van der Waals surface area contributed by atoms with Gasteiger partial charge >= 0.3 is 5.97 Å². The molecule has 0 atom stereocenters. The zero-order valence-electron chi connectivity index (χ0n) is 9.04. The second-order valence-corrected chi connectivity index (χ2v) is 2.56. The van der Waals surface area contributed by atoms with E-state index in [-0.39, 0.29) is 46.0 Å². The van der Waals surface area contributed by atoms with E-state index >= 15 is 0 Å². The molecule has 0 radical (unpaired) electrons. The average Bonchev–Trinajstić information content (AvgIpc) is 2.20. The predicted octanol–water partition coefficient (Wildman–Crippen LogP) is -2.67. The van der Waals surface area contributed by atoms with Crippen LogP contribution in [-0.4, -0.2) is 82.5 Å². The van der Waals surface area contributed by atoms with E-state index in [0.29, 0.717) is 19.6 Å². The molecule has 0 unspecified atom stereocenters. The van der Waals surface area contributed by atoms with Crippen molar-refractivity contribution in [2.45, 2.75) is 0 Å². The van der Waals surface area contributed by atoms with Crippen molar-refractivity contribution in [3.8, 4) is 0 Å². The van der Waals surface area contributed by atoms with E-state index in [2.05, 4.69) is 0 Å². The van der Waals surface area contributed by atoms with Crippen LogP contribution in [0, 0.1) is 0 Å². The van der Waals surface area contributed by atoms with E-state index in [9.17, 15) is 0 Å². The van der Waals surface area contributed by atoms with E-state index in [1.165, 1.54) is 0 Å². The first-order valence-electron chi connectivity index (χ1n) is 4.49. The third kappa shape index (κ3) is 19.7. The molecule has 0 aromatic heterocycles. The molecule has 0 aliphatic rings. The molecule has 0 bridgehead atoms. The van der Waals surface area contributed by atoms with Crippen LogP contribution in [0.15, 0.2) is 0 Å². The molecule has 0 saturated carbocycles. The molecule has 0 aromatic carbocycles. The summed E-state index contributed by atoms with van der Waals surface area (Å²) in [7, 11) is 0. The summed E-state index contributed by atoms with van der Waals surface area (Å²) in [4.78, 5) is 10.9. The van der Waals surface area contributed by atoms with Crippen LogP contribution in [-0.2, 0) is 31.0 Å². The molecular formula is C8H19NO6Zr. The fraction of sp³-hybridized carbons (Fsp3) is 0.875. The average molecular weight is 316 g/mol. The largest absolute Gasteiger partial charge is 0.480 e. The van der Waals surface area contributed by atoms with Gasteiger partial charge in [-0.3, -0.25) is 4.90 Å². The van der Waals surface area contributed by atoms with Crippen molar-refractivity contribution in [2.75, 3.05) is 46.1 Å². The number of hydrogen-bond acceptors (Lipinski definition) is 6. The van der Waals surface area contributed by atoms with E-state index in [0.717, 1.165) is 0 Å². The summed E-state index contributed by atoms with van der Waals surface area (Å²) in [6.07, 6.45) is 0. The van der Waals surface area contributed by atoms with Crippen molar-refractivity contribution >= 4 is 5.97 Å². The third-order valence-electron chi connectivity index (χ3n) is 1.38. The van der Waals surface area contributed by atoms with Crippen molar-refractivity contribution in [2.24, 2.45) is 0 Å². The first kappa shape index (κ1) is 21.4. The molecule has 16 heavy (non-hydrogen) atoms. The number of carboxylic acids is 1. The van der Waals surface area contributed by atoms with Gasteiger partial charge in [0.15, 0.2) is 0 Å². The summed E-state index contributed by atoms with van der Waals surface area (Å²) < 4.78 is 0. The van der Waals surface area contributed by atoms with Crippen molar-refractivity contribution < 1.29 is 56.5 Å². The minimum Gasteiger partial charge on any atom is -0.480 e. The summed E-state index contributed by atoms with van der Waals surface area (Å²) in [6.45, 7) is 0.976. The summed E-state index contributed by atoms with van der Waals surface area (Å²) >= 11 is 0. The van der Waals surface area contributed by atoms with E-state index in [4.69, 9.17) is 30.3 Å². The minimum absolute atomic E-state index is 0. The minimum atomic E-state index is -1.19. The second kappa shape index (κ2) is 17.5. The van der Waals surface area contributed by atoms with Crippen LogP contribution in [0.1, 0.15) is 0 Å². The normalized spacial score (nSPS) is 9.06. The molecule has 8 heteroatoms. The van der Waals surface area contributed by atoms with Gasteiger partial charge in [0.25, 0.3) is 0 Å². The molecule has 7 nitrogen and oxygen atoms in total. The molecule has 0 aromatic rings. The summed E-state index contributed by atoms with van der Waals surface area (Å²) in [5.41, 5.74) is 0. The second-order valence-electron chi connectivity index (χ2n) is 2.56. The SMILES string of the molecule is O=C(O)CO.OCCN(CCO)CCO.[Zr]. The topological polar surface area (TPSA) is 121 Å². The molecule has 0 aliphatic heterocycles. The maximum atomic E-state index is 9.12. The van der Waals surface area contributed by atoms with Gasteiger partial charge in [0.05, 0.1) is 19.8 Å². The van der Waals surface area contributed by atoms with Crippen LogP contribution >= 0.6 is 0 Å². The van der Waals surface area contributed by atoms with Crippen molar-refractivity contribution in [1.29, 1.82) is 0 Å². The van der Waals surface area contributed by atoms with Crippen LogP contribution in [0.3, 0.4) is 0 Å². The van der Waals surface area contributed by atoms with E-state index < -0.39 is 12.6 Å². The molecule has 0 saturated heterocycles. The molecule has 0 spiro atoms. The third-order valence-corrected chi connectivity index (χ3v) is 1.38. The summed E-state index contributed by atoms with van der Waals surface area (Å²) in [6, 6.07) is 0. The molecule has 0 amide bonds. The van der Waals surface area contributed by atoms with Crippen LogP contribution in [0.4, 0.5) is 0 Å². The van der Waals surface area contributed by atoms with Crippen LogP contribution in [0.5, 0.6) is 0 Å². The number of aliphatic carboxylic acids is 1. The summed E-state index contributed by atoms with van der Waals surface area (Å²) in [5.74, 6) is -1.19. The number of rotatable bonds is 7. The first-order chi connectivity index (χ1) is 7.12. The number of hydrogen-bond donors (Lipinski definition) is 5. The van der Waals surface area contributed by atoms with Gasteiger partial charge in [0.2, 0.25) is 0 Å². The van der Waals surface area contributed by atoms with Gasteiger partial charge in [0.1, 0.15) is 6.61 Å². The maximum Gasteiger partial charge on any atom is 0.329 e. The standard InChI is InChI=1S/C6H15NO3.C2H4O3.Zr/c8-4-1-7(2-5-9)3-6-10;3-1-2(4)5;/h8-10H,1-6H2;3H,1H2,(H,4,5);. The zero-order valence-corrected chi connectivity index (χ0v) is 11.5. The Balaban J connectivity index is -0.000000242. The van der Waals surface area contributed by atoms with Crippen molar-refractivity contribution in [1.82, 2.24) is 4.90 Å². The quantitative estimate of drug-likeness (QED) is 0.347. The van der Waals surface area contributed by atoms with Gasteiger partial charge in [-0.15, -0.1) is 0 Å². The molecule has 96 valence electrons. The van der Waals surface area contributed by atoms with Gasteiger partial charge in [-0.2, -0.15) is 0 Å².